The Morgan fingerprint density at radius 3 is 2.50 bits per heavy atom. The number of halogens is 2. The van der Waals surface area contributed by atoms with E-state index in [0.717, 1.165) is 0 Å². The second kappa shape index (κ2) is 4.06. The van der Waals surface area contributed by atoms with E-state index >= 15 is 0 Å². The Kier molecular flexibility index (Phi) is 2.75. The molecular weight excluding hydrogens is 212 g/mol. The molecule has 1 aromatic heterocycles. The molecule has 0 aliphatic rings. The number of hydrogen-bond acceptors (Lipinski definition) is 2. The van der Waals surface area contributed by atoms with Gasteiger partial charge in [-0.25, -0.2) is 8.78 Å². The lowest BCUT2D eigenvalue weighted by molar-refractivity contribution is 0.491. The zero-order valence-corrected chi connectivity index (χ0v) is 8.76. The fourth-order valence-corrected chi connectivity index (χ4v) is 1.47. The minimum atomic E-state index is -0.891. The quantitative estimate of drug-likeness (QED) is 0.850. The van der Waals surface area contributed by atoms with Gasteiger partial charge in [0.25, 0.3) is 0 Å². The second-order valence-electron chi connectivity index (χ2n) is 3.53. The van der Waals surface area contributed by atoms with E-state index in [0.29, 0.717) is 5.76 Å². The predicted molar refractivity (Wildman–Crippen MR) is 56.7 cm³/mol. The molecule has 0 atom stereocenters. The van der Waals surface area contributed by atoms with Crippen molar-refractivity contribution in [2.45, 2.75) is 13.5 Å². The zero-order valence-electron chi connectivity index (χ0n) is 8.76. The predicted octanol–water partition coefficient (Wildman–Crippen LogP) is 2.99. The molecule has 84 valence electrons. The van der Waals surface area contributed by atoms with Crippen LogP contribution in [0.2, 0.25) is 0 Å². The monoisotopic (exact) mass is 223 g/mol. The first-order valence-corrected chi connectivity index (χ1v) is 4.87. The fourth-order valence-electron chi connectivity index (χ4n) is 1.47. The van der Waals surface area contributed by atoms with Gasteiger partial charge in [-0.3, -0.25) is 0 Å². The maximum atomic E-state index is 13.6. The molecule has 4 heteroatoms. The van der Waals surface area contributed by atoms with Crippen molar-refractivity contribution in [2.75, 3.05) is 0 Å². The number of hydrogen-bond donors (Lipinski definition) is 1. The topological polar surface area (TPSA) is 39.2 Å². The van der Waals surface area contributed by atoms with Crippen LogP contribution < -0.4 is 5.73 Å². The molecule has 2 aromatic rings. The highest BCUT2D eigenvalue weighted by Crippen LogP contribution is 2.27. The molecule has 0 aliphatic heterocycles. The molecule has 0 spiro atoms. The van der Waals surface area contributed by atoms with Crippen molar-refractivity contribution in [3.63, 3.8) is 0 Å². The van der Waals surface area contributed by atoms with Crippen molar-refractivity contribution >= 4 is 0 Å². The van der Waals surface area contributed by atoms with E-state index in [1.54, 1.807) is 12.1 Å². The van der Waals surface area contributed by atoms with Crippen LogP contribution in [0.25, 0.3) is 11.3 Å². The third-order valence-electron chi connectivity index (χ3n) is 2.40. The molecule has 2 N–H and O–H groups in total. The largest absolute Gasteiger partial charge is 0.460 e. The Balaban J connectivity index is 2.52. The molecule has 0 aliphatic carbocycles. The number of rotatable bonds is 2. The Hall–Kier alpha value is -1.68. The highest BCUT2D eigenvalue weighted by atomic mass is 19.2. The number of benzene rings is 1. The Morgan fingerprint density at radius 1 is 1.12 bits per heavy atom. The number of aryl methyl sites for hydroxylation is 1. The summed E-state index contributed by atoms with van der Waals surface area (Å²) < 4.78 is 32.2. The van der Waals surface area contributed by atoms with Crippen molar-refractivity contribution in [2.24, 2.45) is 5.73 Å². The summed E-state index contributed by atoms with van der Waals surface area (Å²) in [5, 5.41) is 0. The molecular formula is C12H11F2NO. The van der Waals surface area contributed by atoms with Crippen LogP contribution >= 0.6 is 0 Å². The Morgan fingerprint density at radius 2 is 1.88 bits per heavy atom. The van der Waals surface area contributed by atoms with E-state index < -0.39 is 11.6 Å². The summed E-state index contributed by atoms with van der Waals surface area (Å²) >= 11 is 0. The number of nitrogens with two attached hydrogens (primary N) is 1. The van der Waals surface area contributed by atoms with Gasteiger partial charge >= 0.3 is 0 Å². The highest BCUT2D eigenvalue weighted by molar-refractivity contribution is 5.59. The van der Waals surface area contributed by atoms with Crippen LogP contribution in [-0.2, 0) is 6.54 Å². The lowest BCUT2D eigenvalue weighted by Gasteiger charge is -2.03. The first kappa shape index (κ1) is 10.8. The summed E-state index contributed by atoms with van der Waals surface area (Å²) in [6.45, 7) is 1.74. The van der Waals surface area contributed by atoms with Crippen LogP contribution in [0.15, 0.2) is 28.7 Å². The molecule has 0 fully saturated rings. The van der Waals surface area contributed by atoms with Gasteiger partial charge in [0, 0.05) is 0 Å². The normalized spacial score (nSPS) is 10.8. The SMILES string of the molecule is Cc1ccc(-c2ccc(CN)o2)c(F)c1F. The smallest absolute Gasteiger partial charge is 0.170 e. The van der Waals surface area contributed by atoms with Gasteiger partial charge in [0.2, 0.25) is 0 Å². The Bertz CT molecular complexity index is 520. The highest BCUT2D eigenvalue weighted by Gasteiger charge is 2.14. The summed E-state index contributed by atoms with van der Waals surface area (Å²) in [5.41, 5.74) is 5.76. The summed E-state index contributed by atoms with van der Waals surface area (Å²) in [4.78, 5) is 0. The van der Waals surface area contributed by atoms with Crippen LogP contribution in [0.4, 0.5) is 8.78 Å². The van der Waals surface area contributed by atoms with Gasteiger partial charge in [-0.15, -0.1) is 0 Å². The van der Waals surface area contributed by atoms with Crippen molar-refractivity contribution < 1.29 is 13.2 Å². The van der Waals surface area contributed by atoms with Gasteiger partial charge in [0.05, 0.1) is 12.1 Å². The standard InChI is InChI=1S/C12H11F2NO/c1-7-2-4-9(12(14)11(7)13)10-5-3-8(6-15)16-10/h2-5H,6,15H2,1H3. The fraction of sp³-hybridized carbons (Fsp3) is 0.167. The van der Waals surface area contributed by atoms with Crippen LogP contribution in [0.5, 0.6) is 0 Å². The van der Waals surface area contributed by atoms with Crippen molar-refractivity contribution in [3.05, 3.63) is 47.2 Å². The summed E-state index contributed by atoms with van der Waals surface area (Å²) in [6, 6.07) is 6.23. The van der Waals surface area contributed by atoms with E-state index in [1.165, 1.54) is 19.1 Å². The summed E-state index contributed by atoms with van der Waals surface area (Å²) in [6.07, 6.45) is 0. The molecule has 2 nitrogen and oxygen atoms in total. The molecule has 2 rings (SSSR count). The second-order valence-corrected chi connectivity index (χ2v) is 3.53. The van der Waals surface area contributed by atoms with E-state index in [2.05, 4.69) is 0 Å². The van der Waals surface area contributed by atoms with Gasteiger partial charge in [0.15, 0.2) is 11.6 Å². The summed E-state index contributed by atoms with van der Waals surface area (Å²) in [5.74, 6) is -0.909. The first-order chi connectivity index (χ1) is 7.63. The van der Waals surface area contributed by atoms with Crippen LogP contribution in [0, 0.1) is 18.6 Å². The average Bonchev–Trinajstić information content (AvgIpc) is 2.74. The van der Waals surface area contributed by atoms with Crippen molar-refractivity contribution in [1.29, 1.82) is 0 Å². The molecule has 0 amide bonds. The number of furan rings is 1. The van der Waals surface area contributed by atoms with Gasteiger partial charge in [-0.1, -0.05) is 6.07 Å². The lowest BCUT2D eigenvalue weighted by atomic mass is 10.1. The molecule has 0 radical (unpaired) electrons. The molecule has 0 saturated carbocycles. The average molecular weight is 223 g/mol. The molecule has 16 heavy (non-hydrogen) atoms. The van der Waals surface area contributed by atoms with Gasteiger partial charge in [-0.2, -0.15) is 0 Å². The third kappa shape index (κ3) is 1.72. The van der Waals surface area contributed by atoms with Crippen LogP contribution in [-0.4, -0.2) is 0 Å². The zero-order chi connectivity index (χ0) is 11.7. The molecule has 0 unspecified atom stereocenters. The van der Waals surface area contributed by atoms with Crippen LogP contribution in [0.1, 0.15) is 11.3 Å². The maximum absolute atomic E-state index is 13.6. The molecule has 0 bridgehead atoms. The van der Waals surface area contributed by atoms with Crippen LogP contribution in [0.3, 0.4) is 0 Å². The van der Waals surface area contributed by atoms with Gasteiger partial charge < -0.3 is 10.2 Å². The van der Waals surface area contributed by atoms with E-state index in [9.17, 15) is 8.78 Å². The van der Waals surface area contributed by atoms with E-state index in [1.807, 2.05) is 0 Å². The first-order valence-electron chi connectivity index (χ1n) is 4.87. The lowest BCUT2D eigenvalue weighted by Crippen LogP contribution is -1.93. The minimum absolute atomic E-state index is 0.114. The van der Waals surface area contributed by atoms with Gasteiger partial charge in [0.1, 0.15) is 11.5 Å². The summed E-state index contributed by atoms with van der Waals surface area (Å²) in [7, 11) is 0. The van der Waals surface area contributed by atoms with Crippen molar-refractivity contribution in [1.82, 2.24) is 0 Å². The third-order valence-corrected chi connectivity index (χ3v) is 2.40. The maximum Gasteiger partial charge on any atom is 0.170 e. The molecule has 1 heterocycles. The molecule has 1 aromatic carbocycles. The Labute approximate surface area is 91.7 Å². The molecule has 0 saturated heterocycles. The van der Waals surface area contributed by atoms with Crippen molar-refractivity contribution in [3.8, 4) is 11.3 Å². The van der Waals surface area contributed by atoms with E-state index in [-0.39, 0.29) is 23.4 Å². The minimum Gasteiger partial charge on any atom is -0.460 e. The van der Waals surface area contributed by atoms with Gasteiger partial charge in [-0.05, 0) is 30.7 Å². The van der Waals surface area contributed by atoms with E-state index in [4.69, 9.17) is 10.2 Å².